The molecular formula is C10H18N2O3. The van der Waals surface area contributed by atoms with Crippen molar-refractivity contribution in [2.75, 3.05) is 6.54 Å². The molecule has 0 saturated carbocycles. The Morgan fingerprint density at radius 2 is 1.93 bits per heavy atom. The predicted octanol–water partition coefficient (Wildman–Crippen LogP) is 0.334. The standard InChI is InChI=1S/C10H18N2O3/c1-6(7(2)13)5-12-8(14)10(3,4)11-9(12)15/h6-7,13H,5H2,1-4H3,(H,11,15). The number of nitrogens with one attached hydrogen (secondary N) is 1. The van der Waals surface area contributed by atoms with Gasteiger partial charge in [0.25, 0.3) is 5.91 Å². The van der Waals surface area contributed by atoms with Gasteiger partial charge in [0, 0.05) is 6.54 Å². The number of hydrogen-bond donors (Lipinski definition) is 2. The molecule has 0 spiro atoms. The van der Waals surface area contributed by atoms with E-state index in [-0.39, 0.29) is 24.4 Å². The van der Waals surface area contributed by atoms with Crippen LogP contribution in [0.25, 0.3) is 0 Å². The van der Waals surface area contributed by atoms with E-state index in [0.717, 1.165) is 4.90 Å². The van der Waals surface area contributed by atoms with Gasteiger partial charge in [-0.3, -0.25) is 9.69 Å². The first-order valence-electron chi connectivity index (χ1n) is 5.08. The molecule has 0 aromatic rings. The SMILES string of the molecule is CC(O)C(C)CN1C(=O)NC(C)(C)C1=O. The average molecular weight is 214 g/mol. The number of urea groups is 1. The predicted molar refractivity (Wildman–Crippen MR) is 55.2 cm³/mol. The van der Waals surface area contributed by atoms with Gasteiger partial charge in [-0.1, -0.05) is 6.92 Å². The lowest BCUT2D eigenvalue weighted by Crippen LogP contribution is -2.41. The summed E-state index contributed by atoms with van der Waals surface area (Å²) in [5, 5.41) is 11.9. The largest absolute Gasteiger partial charge is 0.393 e. The molecular weight excluding hydrogens is 196 g/mol. The Bertz CT molecular complexity index is 286. The van der Waals surface area contributed by atoms with Crippen molar-refractivity contribution in [3.8, 4) is 0 Å². The summed E-state index contributed by atoms with van der Waals surface area (Å²) >= 11 is 0. The van der Waals surface area contributed by atoms with Crippen LogP contribution in [-0.4, -0.2) is 40.1 Å². The number of hydrogen-bond acceptors (Lipinski definition) is 3. The van der Waals surface area contributed by atoms with E-state index in [0.29, 0.717) is 0 Å². The van der Waals surface area contributed by atoms with Crippen molar-refractivity contribution < 1.29 is 14.7 Å². The van der Waals surface area contributed by atoms with Crippen molar-refractivity contribution in [1.29, 1.82) is 0 Å². The third-order valence-corrected chi connectivity index (χ3v) is 2.74. The van der Waals surface area contributed by atoms with Crippen molar-refractivity contribution in [3.63, 3.8) is 0 Å². The fourth-order valence-corrected chi connectivity index (χ4v) is 1.42. The number of rotatable bonds is 3. The highest BCUT2D eigenvalue weighted by Crippen LogP contribution is 2.18. The average Bonchev–Trinajstić information content (AvgIpc) is 2.27. The van der Waals surface area contributed by atoms with Gasteiger partial charge < -0.3 is 10.4 Å². The highest BCUT2D eigenvalue weighted by atomic mass is 16.3. The monoisotopic (exact) mass is 214 g/mol. The Morgan fingerprint density at radius 1 is 1.40 bits per heavy atom. The second-order valence-corrected chi connectivity index (χ2v) is 4.69. The molecule has 1 heterocycles. The molecule has 3 amide bonds. The third kappa shape index (κ3) is 2.28. The minimum Gasteiger partial charge on any atom is -0.393 e. The molecule has 0 aromatic carbocycles. The number of aliphatic hydroxyl groups excluding tert-OH is 1. The lowest BCUT2D eigenvalue weighted by atomic mass is 10.0. The van der Waals surface area contributed by atoms with Crippen LogP contribution in [0.3, 0.4) is 0 Å². The molecule has 1 fully saturated rings. The maximum Gasteiger partial charge on any atom is 0.325 e. The van der Waals surface area contributed by atoms with Gasteiger partial charge in [0.1, 0.15) is 5.54 Å². The molecule has 2 atom stereocenters. The fourth-order valence-electron chi connectivity index (χ4n) is 1.42. The van der Waals surface area contributed by atoms with Gasteiger partial charge in [0.15, 0.2) is 0 Å². The van der Waals surface area contributed by atoms with Crippen LogP contribution in [-0.2, 0) is 4.79 Å². The number of amides is 3. The molecule has 5 nitrogen and oxygen atoms in total. The van der Waals surface area contributed by atoms with E-state index in [2.05, 4.69) is 5.32 Å². The summed E-state index contributed by atoms with van der Waals surface area (Å²) in [6.45, 7) is 7.04. The zero-order valence-electron chi connectivity index (χ0n) is 9.57. The van der Waals surface area contributed by atoms with E-state index in [9.17, 15) is 14.7 Å². The van der Waals surface area contributed by atoms with Gasteiger partial charge in [-0.15, -0.1) is 0 Å². The number of aliphatic hydroxyl groups is 1. The van der Waals surface area contributed by atoms with Crippen molar-refractivity contribution in [3.05, 3.63) is 0 Å². The van der Waals surface area contributed by atoms with E-state index < -0.39 is 11.6 Å². The summed E-state index contributed by atoms with van der Waals surface area (Å²) in [4.78, 5) is 24.4. The zero-order chi connectivity index (χ0) is 11.8. The van der Waals surface area contributed by atoms with E-state index in [4.69, 9.17) is 0 Å². The van der Waals surface area contributed by atoms with Crippen molar-refractivity contribution in [2.45, 2.75) is 39.3 Å². The van der Waals surface area contributed by atoms with E-state index in [1.54, 1.807) is 27.7 Å². The second kappa shape index (κ2) is 3.81. The Morgan fingerprint density at radius 3 is 2.27 bits per heavy atom. The maximum absolute atomic E-state index is 11.8. The van der Waals surface area contributed by atoms with Crippen molar-refractivity contribution >= 4 is 11.9 Å². The number of carbonyl (C=O) groups excluding carboxylic acids is 2. The van der Waals surface area contributed by atoms with Crippen LogP contribution in [0.5, 0.6) is 0 Å². The third-order valence-electron chi connectivity index (χ3n) is 2.74. The van der Waals surface area contributed by atoms with Gasteiger partial charge in [0.05, 0.1) is 6.10 Å². The van der Waals surface area contributed by atoms with Gasteiger partial charge >= 0.3 is 6.03 Å². The van der Waals surface area contributed by atoms with E-state index in [1.807, 2.05) is 0 Å². The minimum atomic E-state index is -0.824. The highest BCUT2D eigenvalue weighted by molar-refractivity contribution is 6.06. The summed E-state index contributed by atoms with van der Waals surface area (Å²) in [6, 6.07) is -0.377. The summed E-state index contributed by atoms with van der Waals surface area (Å²) in [5.74, 6) is -0.353. The molecule has 1 aliphatic rings. The minimum absolute atomic E-state index is 0.117. The van der Waals surface area contributed by atoms with Crippen LogP contribution in [0.1, 0.15) is 27.7 Å². The van der Waals surface area contributed by atoms with Crippen molar-refractivity contribution in [2.24, 2.45) is 5.92 Å². The number of nitrogens with zero attached hydrogens (tertiary/aromatic N) is 1. The first-order valence-corrected chi connectivity index (χ1v) is 5.08. The van der Waals surface area contributed by atoms with Gasteiger partial charge in [0.2, 0.25) is 0 Å². The fraction of sp³-hybridized carbons (Fsp3) is 0.800. The molecule has 0 aliphatic carbocycles. The Balaban J connectivity index is 2.72. The number of imide groups is 1. The summed E-state index contributed by atoms with van der Waals surface area (Å²) in [6.07, 6.45) is -0.533. The highest BCUT2D eigenvalue weighted by Gasteiger charge is 2.44. The smallest absolute Gasteiger partial charge is 0.325 e. The lowest BCUT2D eigenvalue weighted by molar-refractivity contribution is -0.130. The Kier molecular flexibility index (Phi) is 3.04. The van der Waals surface area contributed by atoms with Crippen LogP contribution in [0.4, 0.5) is 4.79 Å². The topological polar surface area (TPSA) is 69.6 Å². The molecule has 2 N–H and O–H groups in total. The second-order valence-electron chi connectivity index (χ2n) is 4.69. The maximum atomic E-state index is 11.8. The van der Waals surface area contributed by atoms with Crippen LogP contribution >= 0.6 is 0 Å². The molecule has 5 heteroatoms. The molecule has 0 radical (unpaired) electrons. The van der Waals surface area contributed by atoms with Gasteiger partial charge in [-0.05, 0) is 26.7 Å². The normalized spacial score (nSPS) is 23.9. The molecule has 86 valence electrons. The first kappa shape index (κ1) is 12.0. The summed E-state index contributed by atoms with van der Waals surface area (Å²) in [7, 11) is 0. The lowest BCUT2D eigenvalue weighted by Gasteiger charge is -2.21. The molecule has 1 rings (SSSR count). The van der Waals surface area contributed by atoms with E-state index in [1.165, 1.54) is 0 Å². The molecule has 2 unspecified atom stereocenters. The quantitative estimate of drug-likeness (QED) is 0.665. The molecule has 0 aromatic heterocycles. The zero-order valence-corrected chi connectivity index (χ0v) is 9.57. The van der Waals surface area contributed by atoms with Gasteiger partial charge in [-0.25, -0.2) is 4.79 Å². The molecule has 1 saturated heterocycles. The molecule has 15 heavy (non-hydrogen) atoms. The van der Waals surface area contributed by atoms with Crippen LogP contribution in [0.15, 0.2) is 0 Å². The number of carbonyl (C=O) groups is 2. The first-order chi connectivity index (χ1) is 6.75. The van der Waals surface area contributed by atoms with Crippen LogP contribution < -0.4 is 5.32 Å². The van der Waals surface area contributed by atoms with E-state index >= 15 is 0 Å². The summed E-state index contributed by atoms with van der Waals surface area (Å²) in [5.41, 5.74) is -0.824. The summed E-state index contributed by atoms with van der Waals surface area (Å²) < 4.78 is 0. The van der Waals surface area contributed by atoms with Crippen LogP contribution in [0.2, 0.25) is 0 Å². The van der Waals surface area contributed by atoms with Crippen molar-refractivity contribution in [1.82, 2.24) is 10.2 Å². The molecule has 0 bridgehead atoms. The Hall–Kier alpha value is -1.10. The van der Waals surface area contributed by atoms with Gasteiger partial charge in [-0.2, -0.15) is 0 Å². The Labute approximate surface area is 89.4 Å². The van der Waals surface area contributed by atoms with Crippen LogP contribution in [0, 0.1) is 5.92 Å². The molecule has 1 aliphatic heterocycles.